The quantitative estimate of drug-likeness (QED) is 0.334. The number of aliphatic hydroxyl groups is 2. The summed E-state index contributed by atoms with van der Waals surface area (Å²) in [6, 6.07) is -0.248. The zero-order valence-electron chi connectivity index (χ0n) is 31.6. The molecule has 12 nitrogen and oxygen atoms in total. The molecule has 0 spiro atoms. The Morgan fingerprint density at radius 3 is 2.06 bits per heavy atom. The molecule has 0 bridgehead atoms. The number of ketones is 1. The first-order chi connectivity index (χ1) is 22.3. The molecule has 280 valence electrons. The van der Waals surface area contributed by atoms with Gasteiger partial charge in [0, 0.05) is 56.8 Å². The molecule has 0 radical (unpaired) electrons. The number of methoxy groups -OCH3 is 2. The Morgan fingerprint density at radius 2 is 1.48 bits per heavy atom. The van der Waals surface area contributed by atoms with E-state index in [2.05, 4.69) is 5.32 Å². The minimum Gasteiger partial charge on any atom is -0.435 e. The molecule has 12 heteroatoms. The summed E-state index contributed by atoms with van der Waals surface area (Å²) in [4.78, 5) is 27.7. The van der Waals surface area contributed by atoms with E-state index in [9.17, 15) is 19.8 Å². The van der Waals surface area contributed by atoms with Gasteiger partial charge in [-0.2, -0.15) is 0 Å². The summed E-state index contributed by atoms with van der Waals surface area (Å²) in [5.41, 5.74) is -0.526. The summed E-state index contributed by atoms with van der Waals surface area (Å²) in [7, 11) is 4.88. The van der Waals surface area contributed by atoms with Gasteiger partial charge in [0.1, 0.15) is 11.9 Å². The van der Waals surface area contributed by atoms with Gasteiger partial charge in [-0.3, -0.25) is 9.59 Å². The maximum absolute atomic E-state index is 14.0. The smallest absolute Gasteiger partial charge is 0.313 e. The molecular formula is C36H65NO11. The van der Waals surface area contributed by atoms with Gasteiger partial charge in [0.25, 0.3) is 0 Å². The number of carbonyl (C=O) groups excluding carboxylic acids is 2. The SMILES string of the molecule is CN[C@H]1C[C@@H](C)OC(O[C@@H]2[C@@H](C)[C@H](O[C@@]3(C)C[C@@](C)(OC)C[C@H](C)O3)[C@@H](C)C(=O)O[C@@H](OC)[C@H](C)[C@H](O)[C@H](C)C(=O)[C@H](C)C[C@H]2C)[C@@H]1O. The first-order valence-electron chi connectivity index (χ1n) is 17.8. The minimum atomic E-state index is -1.13. The summed E-state index contributed by atoms with van der Waals surface area (Å²) in [5, 5.41) is 25.7. The zero-order chi connectivity index (χ0) is 36.3. The average Bonchev–Trinajstić information content (AvgIpc) is 3.02. The lowest BCUT2D eigenvalue weighted by Gasteiger charge is -2.49. The molecule has 3 fully saturated rings. The van der Waals surface area contributed by atoms with Crippen LogP contribution in [0.15, 0.2) is 0 Å². The second-order valence-corrected chi connectivity index (χ2v) is 15.6. The van der Waals surface area contributed by atoms with Crippen LogP contribution in [0.3, 0.4) is 0 Å². The van der Waals surface area contributed by atoms with Gasteiger partial charge in [0.05, 0.1) is 42.0 Å². The van der Waals surface area contributed by atoms with E-state index >= 15 is 0 Å². The highest BCUT2D eigenvalue weighted by Crippen LogP contribution is 2.42. The van der Waals surface area contributed by atoms with Gasteiger partial charge in [-0.1, -0.05) is 34.6 Å². The van der Waals surface area contributed by atoms with Crippen LogP contribution >= 0.6 is 0 Å². The molecule has 3 rings (SSSR count). The Bertz CT molecular complexity index is 1060. The van der Waals surface area contributed by atoms with Crippen LogP contribution in [0.4, 0.5) is 0 Å². The first kappa shape index (κ1) is 41.2. The van der Waals surface area contributed by atoms with E-state index in [4.69, 9.17) is 33.2 Å². The van der Waals surface area contributed by atoms with E-state index in [1.807, 2.05) is 48.5 Å². The molecular weight excluding hydrogens is 622 g/mol. The van der Waals surface area contributed by atoms with Gasteiger partial charge >= 0.3 is 5.97 Å². The van der Waals surface area contributed by atoms with Crippen molar-refractivity contribution in [1.29, 1.82) is 0 Å². The van der Waals surface area contributed by atoms with Gasteiger partial charge < -0.3 is 48.7 Å². The molecule has 0 amide bonds. The third-order valence-corrected chi connectivity index (χ3v) is 11.1. The molecule has 0 aromatic rings. The maximum Gasteiger partial charge on any atom is 0.313 e. The average molecular weight is 688 g/mol. The van der Waals surface area contributed by atoms with Crippen molar-refractivity contribution in [3.8, 4) is 0 Å². The number of likely N-dealkylation sites (N-methyl/N-ethyl adjacent to an activating group) is 1. The summed E-state index contributed by atoms with van der Waals surface area (Å²) in [6.07, 6.45) is -3.84. The molecule has 17 atom stereocenters. The summed E-state index contributed by atoms with van der Waals surface area (Å²) >= 11 is 0. The van der Waals surface area contributed by atoms with Crippen molar-refractivity contribution in [3.05, 3.63) is 0 Å². The van der Waals surface area contributed by atoms with Crippen LogP contribution in [0, 0.1) is 35.5 Å². The zero-order valence-corrected chi connectivity index (χ0v) is 31.6. The number of hydrogen-bond donors (Lipinski definition) is 3. The van der Waals surface area contributed by atoms with Gasteiger partial charge in [-0.05, 0) is 60.4 Å². The Morgan fingerprint density at radius 1 is 0.833 bits per heavy atom. The van der Waals surface area contributed by atoms with Crippen LogP contribution in [0.1, 0.15) is 94.9 Å². The number of rotatable bonds is 7. The van der Waals surface area contributed by atoms with Crippen molar-refractivity contribution in [2.75, 3.05) is 21.3 Å². The monoisotopic (exact) mass is 687 g/mol. The Labute approximate surface area is 288 Å². The van der Waals surface area contributed by atoms with Crippen LogP contribution in [0.5, 0.6) is 0 Å². The topological polar surface area (TPSA) is 151 Å². The van der Waals surface area contributed by atoms with E-state index in [1.54, 1.807) is 34.9 Å². The van der Waals surface area contributed by atoms with Crippen LogP contribution < -0.4 is 5.32 Å². The van der Waals surface area contributed by atoms with E-state index in [-0.39, 0.29) is 30.0 Å². The molecule has 0 aromatic carbocycles. The Kier molecular flexibility index (Phi) is 14.5. The molecule has 1 unspecified atom stereocenters. The summed E-state index contributed by atoms with van der Waals surface area (Å²) < 4.78 is 43.7. The number of cyclic esters (lactones) is 1. The van der Waals surface area contributed by atoms with E-state index in [0.29, 0.717) is 25.7 Å². The molecule has 3 aliphatic rings. The minimum absolute atomic E-state index is 0.110. The molecule has 3 aliphatic heterocycles. The molecule has 0 aliphatic carbocycles. The highest BCUT2D eigenvalue weighted by molar-refractivity contribution is 5.83. The van der Waals surface area contributed by atoms with Gasteiger partial charge in [-0.25, -0.2) is 0 Å². The molecule has 3 saturated heterocycles. The lowest BCUT2D eigenvalue weighted by atomic mass is 9.77. The van der Waals surface area contributed by atoms with Gasteiger partial charge in [0.2, 0.25) is 6.29 Å². The normalized spacial score (nSPS) is 48.9. The lowest BCUT2D eigenvalue weighted by molar-refractivity contribution is -0.333. The van der Waals surface area contributed by atoms with Crippen molar-refractivity contribution in [1.82, 2.24) is 5.32 Å². The predicted octanol–water partition coefficient (Wildman–Crippen LogP) is 3.83. The molecule has 3 heterocycles. The fourth-order valence-corrected chi connectivity index (χ4v) is 8.38. The van der Waals surface area contributed by atoms with Crippen molar-refractivity contribution in [3.63, 3.8) is 0 Å². The summed E-state index contributed by atoms with van der Waals surface area (Å²) in [5.74, 6) is -5.25. The largest absolute Gasteiger partial charge is 0.435 e. The highest BCUT2D eigenvalue weighted by atomic mass is 16.7. The second-order valence-electron chi connectivity index (χ2n) is 15.6. The van der Waals surface area contributed by atoms with Gasteiger partial charge in [-0.15, -0.1) is 0 Å². The van der Waals surface area contributed by atoms with Crippen LogP contribution in [0.2, 0.25) is 0 Å². The fourth-order valence-electron chi connectivity index (χ4n) is 8.38. The number of esters is 1. The van der Waals surface area contributed by atoms with Gasteiger partial charge in [0.15, 0.2) is 12.1 Å². The van der Waals surface area contributed by atoms with Crippen LogP contribution in [-0.4, -0.2) is 110 Å². The van der Waals surface area contributed by atoms with E-state index in [0.717, 1.165) is 0 Å². The van der Waals surface area contributed by atoms with Crippen molar-refractivity contribution in [2.24, 2.45) is 35.5 Å². The van der Waals surface area contributed by atoms with Crippen LogP contribution in [-0.2, 0) is 42.7 Å². The standard InChI is InChI=1S/C36H65NO11/c1-18-14-19(2)30(45-34-29(40)26(37-11)15-20(3)44-34)24(7)31(48-36(10)17-35(9,43-13)16-21(4)47-36)25(8)32(41)46-33(42-12)23(6)28(39)22(5)27(18)38/h18-26,28-31,33-34,37,39-40H,14-17H2,1-13H3/t18-,19-,20-,21+,22-,23-,24-,25-,26+,28-,29-,30+,31+,33-,34?,35+,36+/m1/s1. The molecule has 3 N–H and O–H groups in total. The third kappa shape index (κ3) is 9.55. The number of nitrogens with one attached hydrogen (secondary N) is 1. The van der Waals surface area contributed by atoms with Crippen molar-refractivity contribution < 1.29 is 53.0 Å². The highest BCUT2D eigenvalue weighted by Gasteiger charge is 2.50. The molecule has 0 aromatic heterocycles. The van der Waals surface area contributed by atoms with Crippen molar-refractivity contribution in [2.45, 2.75) is 162 Å². The number of Topliss-reactive ketones (excluding diaryl/α,β-unsaturated/α-hetero) is 1. The molecule has 48 heavy (non-hydrogen) atoms. The maximum atomic E-state index is 14.0. The van der Waals surface area contributed by atoms with E-state index < -0.39 is 83.9 Å². The first-order valence-corrected chi connectivity index (χ1v) is 17.8. The number of carbonyl (C=O) groups is 2. The predicted molar refractivity (Wildman–Crippen MR) is 179 cm³/mol. The number of aliphatic hydroxyl groups excluding tert-OH is 2. The number of hydrogen-bond acceptors (Lipinski definition) is 12. The lowest BCUT2D eigenvalue weighted by Crippen LogP contribution is -2.58. The Hall–Kier alpha value is -1.22. The summed E-state index contributed by atoms with van der Waals surface area (Å²) in [6.45, 7) is 18.8. The number of ether oxygens (including phenoxy) is 7. The van der Waals surface area contributed by atoms with E-state index in [1.165, 1.54) is 7.11 Å². The van der Waals surface area contributed by atoms with Crippen molar-refractivity contribution >= 4 is 11.8 Å². The Balaban J connectivity index is 2.12. The molecule has 0 saturated carbocycles. The third-order valence-electron chi connectivity index (χ3n) is 11.1. The second kappa shape index (κ2) is 16.9. The fraction of sp³-hybridized carbons (Fsp3) is 0.944. The van der Waals surface area contributed by atoms with Crippen LogP contribution in [0.25, 0.3) is 0 Å².